The zero-order valence-corrected chi connectivity index (χ0v) is 11.2. The Morgan fingerprint density at radius 3 is 2.50 bits per heavy atom. The summed E-state index contributed by atoms with van der Waals surface area (Å²) in [4.78, 5) is 10.2. The quantitative estimate of drug-likeness (QED) is 0.519. The van der Waals surface area contributed by atoms with Crippen molar-refractivity contribution in [1.82, 2.24) is 0 Å². The van der Waals surface area contributed by atoms with Crippen LogP contribution in [0.4, 0.5) is 5.69 Å². The van der Waals surface area contributed by atoms with E-state index in [1.54, 1.807) is 24.3 Å². The first-order valence-electron chi connectivity index (χ1n) is 5.84. The van der Waals surface area contributed by atoms with Crippen molar-refractivity contribution >= 4 is 17.3 Å². The molecule has 6 heteroatoms. The summed E-state index contributed by atoms with van der Waals surface area (Å²) in [6.07, 6.45) is 0. The lowest BCUT2D eigenvalue weighted by Crippen LogP contribution is -1.99. The first kappa shape index (κ1) is 14.1. The van der Waals surface area contributed by atoms with Crippen LogP contribution in [0.15, 0.2) is 42.5 Å². The number of ether oxygens (including phenoxy) is 1. The summed E-state index contributed by atoms with van der Waals surface area (Å²) in [6, 6.07) is 10.9. The second-order valence-electron chi connectivity index (χ2n) is 4.14. The van der Waals surface area contributed by atoms with Crippen molar-refractivity contribution in [3.63, 3.8) is 0 Å². The van der Waals surface area contributed by atoms with Gasteiger partial charge in [-0.3, -0.25) is 10.1 Å². The Kier molecular flexibility index (Phi) is 4.42. The number of phenolic OH excluding ortho intramolecular Hbond substituents is 1. The molecule has 0 radical (unpaired) electrons. The fourth-order valence-electron chi connectivity index (χ4n) is 1.68. The number of halogens is 1. The second kappa shape index (κ2) is 6.25. The summed E-state index contributed by atoms with van der Waals surface area (Å²) >= 11 is 5.78. The Morgan fingerprint density at radius 1 is 1.20 bits per heavy atom. The number of hydrogen-bond donors (Lipinski definition) is 1. The number of benzene rings is 2. The van der Waals surface area contributed by atoms with E-state index < -0.39 is 4.92 Å². The third-order valence-corrected chi connectivity index (χ3v) is 3.02. The molecule has 0 heterocycles. The van der Waals surface area contributed by atoms with Crippen molar-refractivity contribution < 1.29 is 14.8 Å². The molecule has 2 rings (SSSR count). The number of nitro benzene ring substituents is 1. The molecule has 5 nitrogen and oxygen atoms in total. The number of nitrogens with zero attached hydrogens (tertiary/aromatic N) is 1. The topological polar surface area (TPSA) is 72.6 Å². The van der Waals surface area contributed by atoms with Gasteiger partial charge in [-0.05, 0) is 23.8 Å². The van der Waals surface area contributed by atoms with Gasteiger partial charge in [0.25, 0.3) is 5.69 Å². The Hall–Kier alpha value is -2.27. The molecule has 0 aliphatic heterocycles. The Labute approximate surface area is 120 Å². The monoisotopic (exact) mass is 293 g/mol. The van der Waals surface area contributed by atoms with Crippen molar-refractivity contribution in [1.29, 1.82) is 0 Å². The minimum absolute atomic E-state index is 0.0161. The maximum absolute atomic E-state index is 10.7. The number of rotatable bonds is 5. The van der Waals surface area contributed by atoms with Crippen LogP contribution in [0.5, 0.6) is 11.5 Å². The molecule has 104 valence electrons. The normalized spacial score (nSPS) is 10.2. The van der Waals surface area contributed by atoms with Crippen LogP contribution in [0.3, 0.4) is 0 Å². The van der Waals surface area contributed by atoms with E-state index in [0.29, 0.717) is 17.9 Å². The van der Waals surface area contributed by atoms with E-state index in [4.69, 9.17) is 16.3 Å². The zero-order chi connectivity index (χ0) is 14.5. The highest BCUT2D eigenvalue weighted by molar-refractivity contribution is 6.17. The average Bonchev–Trinajstić information content (AvgIpc) is 2.46. The number of hydrogen-bond acceptors (Lipinski definition) is 4. The van der Waals surface area contributed by atoms with Crippen LogP contribution in [0.1, 0.15) is 11.1 Å². The van der Waals surface area contributed by atoms with Gasteiger partial charge < -0.3 is 9.84 Å². The molecule has 2 aromatic carbocycles. The van der Waals surface area contributed by atoms with E-state index in [9.17, 15) is 15.2 Å². The fraction of sp³-hybridized carbons (Fsp3) is 0.143. The lowest BCUT2D eigenvalue weighted by molar-refractivity contribution is -0.384. The van der Waals surface area contributed by atoms with Crippen molar-refractivity contribution in [2.45, 2.75) is 12.5 Å². The first-order valence-corrected chi connectivity index (χ1v) is 6.37. The molecule has 0 aliphatic rings. The highest BCUT2D eigenvalue weighted by Gasteiger charge is 2.11. The molecule has 0 spiro atoms. The van der Waals surface area contributed by atoms with Crippen LogP contribution in [-0.4, -0.2) is 10.0 Å². The van der Waals surface area contributed by atoms with E-state index in [2.05, 4.69) is 0 Å². The minimum atomic E-state index is -0.472. The van der Waals surface area contributed by atoms with Crippen LogP contribution >= 0.6 is 11.6 Å². The maximum Gasteiger partial charge on any atom is 0.270 e. The first-order chi connectivity index (χ1) is 9.60. The summed E-state index contributed by atoms with van der Waals surface area (Å²) in [6.45, 7) is 0.294. The van der Waals surface area contributed by atoms with Crippen molar-refractivity contribution in [3.8, 4) is 11.5 Å². The van der Waals surface area contributed by atoms with Crippen molar-refractivity contribution in [2.24, 2.45) is 0 Å². The van der Waals surface area contributed by atoms with Gasteiger partial charge in [0, 0.05) is 17.7 Å². The third-order valence-electron chi connectivity index (χ3n) is 2.73. The van der Waals surface area contributed by atoms with Gasteiger partial charge in [-0.2, -0.15) is 0 Å². The smallest absolute Gasteiger partial charge is 0.270 e. The van der Waals surface area contributed by atoms with Gasteiger partial charge in [-0.1, -0.05) is 12.1 Å². The standard InChI is InChI=1S/C14H12ClNO4/c15-8-11-7-12(16(18)19)3-6-14(11)20-9-10-1-4-13(17)5-2-10/h1-7,17H,8-9H2. The molecule has 0 saturated heterocycles. The van der Waals surface area contributed by atoms with Gasteiger partial charge in [0.05, 0.1) is 10.8 Å². The number of phenols is 1. The summed E-state index contributed by atoms with van der Waals surface area (Å²) < 4.78 is 5.60. The molecule has 0 atom stereocenters. The molecule has 0 unspecified atom stereocenters. The zero-order valence-electron chi connectivity index (χ0n) is 10.5. The van der Waals surface area contributed by atoms with Crippen molar-refractivity contribution in [3.05, 3.63) is 63.7 Å². The average molecular weight is 294 g/mol. The third kappa shape index (κ3) is 3.39. The lowest BCUT2D eigenvalue weighted by atomic mass is 10.2. The number of non-ortho nitro benzene ring substituents is 1. The number of aromatic hydroxyl groups is 1. The predicted molar refractivity (Wildman–Crippen MR) is 75.1 cm³/mol. The lowest BCUT2D eigenvalue weighted by Gasteiger charge is -2.10. The molecular formula is C14H12ClNO4. The van der Waals surface area contributed by atoms with Gasteiger partial charge in [-0.25, -0.2) is 0 Å². The van der Waals surface area contributed by atoms with E-state index in [0.717, 1.165) is 5.56 Å². The summed E-state index contributed by atoms with van der Waals surface area (Å²) in [5.41, 5.74) is 1.43. The second-order valence-corrected chi connectivity index (χ2v) is 4.41. The highest BCUT2D eigenvalue weighted by Crippen LogP contribution is 2.26. The minimum Gasteiger partial charge on any atom is -0.508 e. The van der Waals surface area contributed by atoms with Gasteiger partial charge in [0.2, 0.25) is 0 Å². The SMILES string of the molecule is O=[N+]([O-])c1ccc(OCc2ccc(O)cc2)c(CCl)c1. The highest BCUT2D eigenvalue weighted by atomic mass is 35.5. The molecule has 0 fully saturated rings. The van der Waals surface area contributed by atoms with Gasteiger partial charge in [0.15, 0.2) is 0 Å². The van der Waals surface area contributed by atoms with E-state index in [-0.39, 0.29) is 17.3 Å². The molecule has 2 aromatic rings. The van der Waals surface area contributed by atoms with E-state index >= 15 is 0 Å². The Bertz CT molecular complexity index is 613. The predicted octanol–water partition coefficient (Wildman–Crippen LogP) is 3.62. The van der Waals surface area contributed by atoms with E-state index in [1.165, 1.54) is 18.2 Å². The maximum atomic E-state index is 10.7. The molecule has 0 bridgehead atoms. The molecule has 20 heavy (non-hydrogen) atoms. The molecule has 0 aromatic heterocycles. The largest absolute Gasteiger partial charge is 0.508 e. The Balaban J connectivity index is 2.12. The van der Waals surface area contributed by atoms with Crippen LogP contribution in [-0.2, 0) is 12.5 Å². The molecule has 0 amide bonds. The molecule has 1 N–H and O–H groups in total. The van der Waals surface area contributed by atoms with Crippen LogP contribution in [0, 0.1) is 10.1 Å². The molecule has 0 aliphatic carbocycles. The summed E-state index contributed by atoms with van der Waals surface area (Å²) in [5, 5.41) is 19.9. The molecular weight excluding hydrogens is 282 g/mol. The summed E-state index contributed by atoms with van der Waals surface area (Å²) in [5.74, 6) is 0.830. The van der Waals surface area contributed by atoms with Crippen LogP contribution in [0.25, 0.3) is 0 Å². The van der Waals surface area contributed by atoms with E-state index in [1.807, 2.05) is 0 Å². The van der Waals surface area contributed by atoms with Gasteiger partial charge >= 0.3 is 0 Å². The fourth-order valence-corrected chi connectivity index (χ4v) is 1.89. The Morgan fingerprint density at radius 2 is 1.90 bits per heavy atom. The van der Waals surface area contributed by atoms with Crippen LogP contribution < -0.4 is 4.74 Å². The number of alkyl halides is 1. The number of nitro groups is 1. The molecule has 0 saturated carbocycles. The van der Waals surface area contributed by atoms with Gasteiger partial charge in [-0.15, -0.1) is 11.6 Å². The summed E-state index contributed by atoms with van der Waals surface area (Å²) in [7, 11) is 0. The van der Waals surface area contributed by atoms with Crippen molar-refractivity contribution in [2.75, 3.05) is 0 Å². The van der Waals surface area contributed by atoms with Crippen LogP contribution in [0.2, 0.25) is 0 Å². The van der Waals surface area contributed by atoms with Gasteiger partial charge in [0.1, 0.15) is 18.1 Å².